The average molecular weight is 438 g/mol. The standard InChI is InChI=1S/C21H19N5O2S2/c1-28-14-4-2-12(3-5-14)20-25-13(10-29-20)8-17(27)26-7-6-15-16(9-26)30-21-18(15)19(22)23-11-24-21/h2-5,10-11H,6-9H2,1H3,(H2,22,23,24). The Bertz CT molecular complexity index is 1230. The molecule has 3 aromatic heterocycles. The van der Waals surface area contributed by atoms with Crippen LogP contribution in [0.2, 0.25) is 0 Å². The number of carbonyl (C=O) groups is 1. The van der Waals surface area contributed by atoms with Gasteiger partial charge < -0.3 is 15.4 Å². The minimum atomic E-state index is 0.0868. The third-order valence-corrected chi connectivity index (χ3v) is 7.30. The van der Waals surface area contributed by atoms with Crippen molar-refractivity contribution in [2.75, 3.05) is 19.4 Å². The van der Waals surface area contributed by atoms with Gasteiger partial charge in [-0.15, -0.1) is 22.7 Å². The van der Waals surface area contributed by atoms with Crippen LogP contribution in [0.5, 0.6) is 5.75 Å². The monoisotopic (exact) mass is 437 g/mol. The van der Waals surface area contributed by atoms with Crippen LogP contribution in [0.4, 0.5) is 5.82 Å². The fraction of sp³-hybridized carbons (Fsp3) is 0.238. The van der Waals surface area contributed by atoms with Crippen LogP contribution in [0, 0.1) is 0 Å². The molecule has 0 saturated carbocycles. The highest BCUT2D eigenvalue weighted by Gasteiger charge is 2.26. The van der Waals surface area contributed by atoms with Crippen molar-refractivity contribution < 1.29 is 9.53 Å². The second kappa shape index (κ2) is 7.66. The fourth-order valence-corrected chi connectivity index (χ4v) is 5.72. The first-order valence-corrected chi connectivity index (χ1v) is 11.2. The number of hydrogen-bond donors (Lipinski definition) is 1. The molecule has 152 valence electrons. The van der Waals surface area contributed by atoms with Gasteiger partial charge in [0.1, 0.15) is 27.7 Å². The highest BCUT2D eigenvalue weighted by Crippen LogP contribution is 2.36. The van der Waals surface area contributed by atoms with Crippen molar-refractivity contribution in [2.24, 2.45) is 0 Å². The number of thiazole rings is 1. The van der Waals surface area contributed by atoms with Crippen molar-refractivity contribution in [1.82, 2.24) is 19.9 Å². The van der Waals surface area contributed by atoms with E-state index in [0.29, 0.717) is 25.3 Å². The van der Waals surface area contributed by atoms with Gasteiger partial charge in [0.25, 0.3) is 0 Å². The van der Waals surface area contributed by atoms with Gasteiger partial charge in [-0.2, -0.15) is 0 Å². The Labute approximate surface area is 181 Å². The minimum Gasteiger partial charge on any atom is -0.497 e. The van der Waals surface area contributed by atoms with E-state index in [2.05, 4.69) is 15.0 Å². The summed E-state index contributed by atoms with van der Waals surface area (Å²) in [5.41, 5.74) is 9.06. The largest absolute Gasteiger partial charge is 0.497 e. The Morgan fingerprint density at radius 2 is 2.10 bits per heavy atom. The smallest absolute Gasteiger partial charge is 0.228 e. The van der Waals surface area contributed by atoms with E-state index >= 15 is 0 Å². The predicted molar refractivity (Wildman–Crippen MR) is 119 cm³/mol. The van der Waals surface area contributed by atoms with Crippen molar-refractivity contribution >= 4 is 44.6 Å². The normalized spacial score (nSPS) is 13.4. The number of methoxy groups -OCH3 is 1. The lowest BCUT2D eigenvalue weighted by Gasteiger charge is -2.27. The summed E-state index contributed by atoms with van der Waals surface area (Å²) >= 11 is 3.15. The molecular weight excluding hydrogens is 418 g/mol. The van der Waals surface area contributed by atoms with Gasteiger partial charge >= 0.3 is 0 Å². The van der Waals surface area contributed by atoms with E-state index in [4.69, 9.17) is 10.5 Å². The molecule has 2 N–H and O–H groups in total. The Kier molecular flexibility index (Phi) is 4.84. The number of carbonyl (C=O) groups excluding carboxylic acids is 1. The highest BCUT2D eigenvalue weighted by atomic mass is 32.1. The molecule has 1 aliphatic heterocycles. The number of rotatable bonds is 4. The number of anilines is 1. The van der Waals surface area contributed by atoms with Crippen molar-refractivity contribution in [1.29, 1.82) is 0 Å². The van der Waals surface area contributed by atoms with Crippen LogP contribution < -0.4 is 10.5 Å². The van der Waals surface area contributed by atoms with E-state index in [1.54, 1.807) is 29.8 Å². The lowest BCUT2D eigenvalue weighted by Crippen LogP contribution is -2.36. The summed E-state index contributed by atoms with van der Waals surface area (Å²) in [5, 5.41) is 3.82. The number of nitrogens with zero attached hydrogens (tertiary/aromatic N) is 4. The second-order valence-electron chi connectivity index (χ2n) is 7.06. The summed E-state index contributed by atoms with van der Waals surface area (Å²) < 4.78 is 5.20. The van der Waals surface area contributed by atoms with Crippen LogP contribution in [0.15, 0.2) is 36.0 Å². The Balaban J connectivity index is 1.30. The van der Waals surface area contributed by atoms with Crippen molar-refractivity contribution in [3.63, 3.8) is 0 Å². The molecule has 0 radical (unpaired) electrons. The van der Waals surface area contributed by atoms with E-state index in [1.807, 2.05) is 34.5 Å². The van der Waals surface area contributed by atoms with Gasteiger partial charge in [0.15, 0.2) is 0 Å². The van der Waals surface area contributed by atoms with Crippen LogP contribution in [-0.2, 0) is 24.2 Å². The average Bonchev–Trinajstić information content (AvgIpc) is 3.38. The van der Waals surface area contributed by atoms with Crippen LogP contribution >= 0.6 is 22.7 Å². The van der Waals surface area contributed by atoms with E-state index < -0.39 is 0 Å². The number of nitrogen functional groups attached to an aromatic ring is 1. The maximum Gasteiger partial charge on any atom is 0.228 e. The molecule has 4 aromatic rings. The number of thiophene rings is 1. The summed E-state index contributed by atoms with van der Waals surface area (Å²) in [7, 11) is 1.65. The van der Waals surface area contributed by atoms with Crippen molar-refractivity contribution in [3.05, 3.63) is 52.1 Å². The summed E-state index contributed by atoms with van der Waals surface area (Å²) in [6.07, 6.45) is 2.56. The fourth-order valence-electron chi connectivity index (χ4n) is 3.69. The van der Waals surface area contributed by atoms with Gasteiger partial charge in [-0.05, 0) is 36.2 Å². The number of fused-ring (bicyclic) bond motifs is 3. The van der Waals surface area contributed by atoms with E-state index in [-0.39, 0.29) is 5.91 Å². The van der Waals surface area contributed by atoms with Gasteiger partial charge in [-0.3, -0.25) is 4.79 Å². The van der Waals surface area contributed by atoms with Crippen LogP contribution in [0.1, 0.15) is 16.1 Å². The first-order valence-electron chi connectivity index (χ1n) is 9.49. The molecule has 0 aliphatic carbocycles. The molecule has 0 fully saturated rings. The van der Waals surface area contributed by atoms with Crippen LogP contribution in [0.25, 0.3) is 20.8 Å². The summed E-state index contributed by atoms with van der Waals surface area (Å²) in [4.78, 5) is 30.0. The molecule has 0 unspecified atom stereocenters. The van der Waals surface area contributed by atoms with E-state index in [0.717, 1.165) is 43.5 Å². The SMILES string of the molecule is COc1ccc(-c2nc(CC(=O)N3CCc4c(sc5ncnc(N)c45)C3)cs2)cc1. The van der Waals surface area contributed by atoms with E-state index in [9.17, 15) is 4.79 Å². The molecule has 1 amide bonds. The Morgan fingerprint density at radius 1 is 1.27 bits per heavy atom. The third kappa shape index (κ3) is 3.40. The topological polar surface area (TPSA) is 94.2 Å². The minimum absolute atomic E-state index is 0.0868. The molecule has 0 spiro atoms. The van der Waals surface area contributed by atoms with Gasteiger partial charge in [-0.25, -0.2) is 15.0 Å². The van der Waals surface area contributed by atoms with E-state index in [1.165, 1.54) is 11.9 Å². The first-order chi connectivity index (χ1) is 14.6. The number of hydrogen-bond acceptors (Lipinski definition) is 8. The predicted octanol–water partition coefficient (Wildman–Crippen LogP) is 3.53. The molecule has 1 aliphatic rings. The number of aromatic nitrogens is 3. The molecule has 0 bridgehead atoms. The molecule has 0 saturated heterocycles. The van der Waals surface area contributed by atoms with Crippen molar-refractivity contribution in [3.8, 4) is 16.3 Å². The van der Waals surface area contributed by atoms with Gasteiger partial charge in [0.05, 0.1) is 31.2 Å². The third-order valence-electron chi connectivity index (χ3n) is 5.24. The lowest BCUT2D eigenvalue weighted by molar-refractivity contribution is -0.131. The highest BCUT2D eigenvalue weighted by molar-refractivity contribution is 7.19. The Morgan fingerprint density at radius 3 is 2.90 bits per heavy atom. The first kappa shape index (κ1) is 19.0. The quantitative estimate of drug-likeness (QED) is 0.525. The molecule has 7 nitrogen and oxygen atoms in total. The van der Waals surface area contributed by atoms with Gasteiger partial charge in [0.2, 0.25) is 5.91 Å². The number of ether oxygens (including phenoxy) is 1. The molecular formula is C21H19N5O2S2. The number of amides is 1. The Hall–Kier alpha value is -3.04. The van der Waals surface area contributed by atoms with Crippen LogP contribution in [0.3, 0.4) is 0 Å². The molecule has 0 atom stereocenters. The number of nitrogens with two attached hydrogens (primary N) is 1. The molecule has 4 heterocycles. The zero-order valence-electron chi connectivity index (χ0n) is 16.3. The second-order valence-corrected chi connectivity index (χ2v) is 9.00. The van der Waals surface area contributed by atoms with Gasteiger partial charge in [-0.1, -0.05) is 0 Å². The summed E-state index contributed by atoms with van der Waals surface area (Å²) in [5.74, 6) is 1.42. The van der Waals surface area contributed by atoms with Crippen LogP contribution in [-0.4, -0.2) is 39.4 Å². The zero-order chi connectivity index (χ0) is 20.7. The van der Waals surface area contributed by atoms with Gasteiger partial charge in [0, 0.05) is 22.4 Å². The maximum atomic E-state index is 12.9. The lowest BCUT2D eigenvalue weighted by atomic mass is 10.0. The zero-order valence-corrected chi connectivity index (χ0v) is 17.9. The maximum absolute atomic E-state index is 12.9. The summed E-state index contributed by atoms with van der Waals surface area (Å²) in [6, 6.07) is 7.78. The molecule has 9 heteroatoms. The number of benzene rings is 1. The molecule has 1 aromatic carbocycles. The molecule has 5 rings (SSSR count). The molecule has 30 heavy (non-hydrogen) atoms. The van der Waals surface area contributed by atoms with Crippen molar-refractivity contribution in [2.45, 2.75) is 19.4 Å². The summed E-state index contributed by atoms with van der Waals surface area (Å²) in [6.45, 7) is 1.26.